The third-order valence-electron chi connectivity index (χ3n) is 3.17. The van der Waals surface area contributed by atoms with Crippen molar-refractivity contribution in [2.24, 2.45) is 0 Å². The lowest BCUT2D eigenvalue weighted by atomic mass is 10.2. The minimum absolute atomic E-state index is 0.330. The first-order valence-electron chi connectivity index (χ1n) is 7.17. The summed E-state index contributed by atoms with van der Waals surface area (Å²) in [6.45, 7) is 4.02. The lowest BCUT2D eigenvalue weighted by molar-refractivity contribution is 0.0119. The molecule has 1 aromatic carbocycles. The molecule has 2 rings (SSSR count). The van der Waals surface area contributed by atoms with E-state index < -0.39 is 6.10 Å². The maximum Gasteiger partial charge on any atom is 0.118 e. The first kappa shape index (κ1) is 15.8. The molecule has 1 heterocycles. The highest BCUT2D eigenvalue weighted by Gasteiger charge is 2.10. The van der Waals surface area contributed by atoms with Crippen molar-refractivity contribution in [1.29, 1.82) is 0 Å². The van der Waals surface area contributed by atoms with Gasteiger partial charge in [-0.15, -0.1) is 0 Å². The van der Waals surface area contributed by atoms with Gasteiger partial charge in [-0.25, -0.2) is 0 Å². The van der Waals surface area contributed by atoms with Gasteiger partial charge in [0.15, 0.2) is 0 Å². The topological polar surface area (TPSA) is 45.8 Å². The quantitative estimate of drug-likeness (QED) is 0.811. The molecule has 0 spiro atoms. The third kappa shape index (κ3) is 5.71. The smallest absolute Gasteiger partial charge is 0.118 e. The van der Waals surface area contributed by atoms with Crippen LogP contribution in [0.4, 0.5) is 0 Å². The molecular formula is C17H23NO3. The lowest BCUT2D eigenvalue weighted by Gasteiger charge is -2.19. The fraction of sp³-hybridized carbons (Fsp3) is 0.412. The number of benzene rings is 1. The number of aliphatic hydroxyl groups is 1. The van der Waals surface area contributed by atoms with Gasteiger partial charge in [-0.1, -0.05) is 30.3 Å². The highest BCUT2D eigenvalue weighted by atomic mass is 16.5. The van der Waals surface area contributed by atoms with Crippen molar-refractivity contribution in [2.45, 2.75) is 26.2 Å². The molecule has 0 aliphatic heterocycles. The van der Waals surface area contributed by atoms with Crippen molar-refractivity contribution in [3.05, 3.63) is 59.5 Å². The van der Waals surface area contributed by atoms with E-state index in [-0.39, 0.29) is 0 Å². The van der Waals surface area contributed by atoms with Crippen molar-refractivity contribution < 1.29 is 14.3 Å². The molecule has 1 N–H and O–H groups in total. The van der Waals surface area contributed by atoms with Crippen LogP contribution in [-0.2, 0) is 17.9 Å². The van der Waals surface area contributed by atoms with Gasteiger partial charge in [0, 0.05) is 6.54 Å². The number of likely N-dealkylation sites (N-methyl/N-ethyl adjacent to an activating group) is 1. The summed E-state index contributed by atoms with van der Waals surface area (Å²) in [5, 5.41) is 9.98. The van der Waals surface area contributed by atoms with Crippen molar-refractivity contribution in [2.75, 3.05) is 20.2 Å². The minimum atomic E-state index is -0.505. The summed E-state index contributed by atoms with van der Waals surface area (Å²) in [5.41, 5.74) is 1.11. The molecule has 1 aromatic heterocycles. The second-order valence-electron chi connectivity index (χ2n) is 5.36. The molecular weight excluding hydrogens is 266 g/mol. The Hall–Kier alpha value is -1.62. The molecule has 4 nitrogen and oxygen atoms in total. The number of nitrogens with zero attached hydrogens (tertiary/aromatic N) is 1. The zero-order valence-electron chi connectivity index (χ0n) is 12.7. The maximum atomic E-state index is 9.98. The van der Waals surface area contributed by atoms with Gasteiger partial charge in [-0.3, -0.25) is 4.90 Å². The molecule has 0 amide bonds. The molecule has 2 aromatic rings. The summed E-state index contributed by atoms with van der Waals surface area (Å²) in [7, 11) is 1.96. The van der Waals surface area contributed by atoms with Gasteiger partial charge < -0.3 is 14.3 Å². The number of rotatable bonds is 8. The normalized spacial score (nSPS) is 12.8. The average molecular weight is 289 g/mol. The standard InChI is InChI=1S/C17H23NO3/c1-14-8-9-17(21-14)11-18(2)10-16(19)13-20-12-15-6-4-3-5-7-15/h3-9,16,19H,10-13H2,1-2H3. The summed E-state index contributed by atoms with van der Waals surface area (Å²) in [5.74, 6) is 1.82. The maximum absolute atomic E-state index is 9.98. The van der Waals surface area contributed by atoms with Crippen molar-refractivity contribution in [3.63, 3.8) is 0 Å². The van der Waals surface area contributed by atoms with Gasteiger partial charge in [0.1, 0.15) is 11.5 Å². The van der Waals surface area contributed by atoms with Gasteiger partial charge >= 0.3 is 0 Å². The first-order valence-corrected chi connectivity index (χ1v) is 7.17. The fourth-order valence-corrected chi connectivity index (χ4v) is 2.20. The summed E-state index contributed by atoms with van der Waals surface area (Å²) in [6.07, 6.45) is -0.505. The summed E-state index contributed by atoms with van der Waals surface area (Å²) in [4.78, 5) is 2.02. The number of furan rings is 1. The van der Waals surface area contributed by atoms with E-state index in [1.165, 1.54) is 0 Å². The zero-order chi connectivity index (χ0) is 15.1. The molecule has 0 bridgehead atoms. The van der Waals surface area contributed by atoms with Crippen LogP contribution in [0.15, 0.2) is 46.9 Å². The number of aliphatic hydroxyl groups excluding tert-OH is 1. The number of hydrogen-bond donors (Lipinski definition) is 1. The van der Waals surface area contributed by atoms with E-state index in [9.17, 15) is 5.11 Å². The minimum Gasteiger partial charge on any atom is -0.465 e. The monoisotopic (exact) mass is 289 g/mol. The Labute approximate surface area is 126 Å². The lowest BCUT2D eigenvalue weighted by Crippen LogP contribution is -2.31. The highest BCUT2D eigenvalue weighted by molar-refractivity contribution is 5.13. The molecule has 1 atom stereocenters. The molecule has 0 saturated heterocycles. The molecule has 4 heteroatoms. The van der Waals surface area contributed by atoms with Crippen LogP contribution in [-0.4, -0.2) is 36.3 Å². The van der Waals surface area contributed by atoms with Crippen molar-refractivity contribution in [3.8, 4) is 0 Å². The van der Waals surface area contributed by atoms with Crippen molar-refractivity contribution >= 4 is 0 Å². The SMILES string of the molecule is Cc1ccc(CN(C)CC(O)COCc2ccccc2)o1. The molecule has 0 aliphatic rings. The van der Waals surface area contributed by atoms with Crippen LogP contribution in [0.5, 0.6) is 0 Å². The average Bonchev–Trinajstić information content (AvgIpc) is 2.85. The Balaban J connectivity index is 1.65. The van der Waals surface area contributed by atoms with Gasteiger partial charge in [0.05, 0.1) is 25.9 Å². The van der Waals surface area contributed by atoms with Gasteiger partial charge in [0.25, 0.3) is 0 Å². The predicted molar refractivity (Wildman–Crippen MR) is 81.9 cm³/mol. The molecule has 0 aliphatic carbocycles. The number of ether oxygens (including phenoxy) is 1. The Morgan fingerprint density at radius 1 is 1.19 bits per heavy atom. The zero-order valence-corrected chi connectivity index (χ0v) is 12.7. The van der Waals surface area contributed by atoms with E-state index in [2.05, 4.69) is 0 Å². The van der Waals surface area contributed by atoms with Gasteiger partial charge in [-0.2, -0.15) is 0 Å². The Bertz CT molecular complexity index is 524. The first-order chi connectivity index (χ1) is 10.1. The third-order valence-corrected chi connectivity index (χ3v) is 3.17. The van der Waals surface area contributed by atoms with E-state index in [1.807, 2.05) is 61.3 Å². The summed E-state index contributed by atoms with van der Waals surface area (Å²) >= 11 is 0. The van der Waals surface area contributed by atoms with E-state index in [4.69, 9.17) is 9.15 Å². The molecule has 0 saturated carbocycles. The van der Waals surface area contributed by atoms with Crippen LogP contribution in [0.3, 0.4) is 0 Å². The van der Waals surface area contributed by atoms with Gasteiger partial charge in [0.2, 0.25) is 0 Å². The van der Waals surface area contributed by atoms with E-state index in [1.54, 1.807) is 0 Å². The fourth-order valence-electron chi connectivity index (χ4n) is 2.20. The molecule has 1 unspecified atom stereocenters. The Morgan fingerprint density at radius 3 is 2.62 bits per heavy atom. The molecule has 0 radical (unpaired) electrons. The second kappa shape index (κ2) is 7.98. The Kier molecular flexibility index (Phi) is 5.99. The number of aryl methyl sites for hydroxylation is 1. The number of hydrogen-bond acceptors (Lipinski definition) is 4. The largest absolute Gasteiger partial charge is 0.465 e. The van der Waals surface area contributed by atoms with Crippen LogP contribution in [0.2, 0.25) is 0 Å². The van der Waals surface area contributed by atoms with E-state index >= 15 is 0 Å². The van der Waals surface area contributed by atoms with Gasteiger partial charge in [-0.05, 0) is 31.7 Å². The highest BCUT2D eigenvalue weighted by Crippen LogP contribution is 2.09. The summed E-state index contributed by atoms with van der Waals surface area (Å²) < 4.78 is 11.1. The predicted octanol–water partition coefficient (Wildman–Crippen LogP) is 2.60. The van der Waals surface area contributed by atoms with Crippen molar-refractivity contribution in [1.82, 2.24) is 4.90 Å². The Morgan fingerprint density at radius 2 is 1.95 bits per heavy atom. The molecule has 114 valence electrons. The molecule has 0 fully saturated rings. The van der Waals surface area contributed by atoms with E-state index in [0.29, 0.717) is 26.3 Å². The van der Waals surface area contributed by atoms with E-state index in [0.717, 1.165) is 17.1 Å². The van der Waals surface area contributed by atoms with Crippen LogP contribution < -0.4 is 0 Å². The summed E-state index contributed by atoms with van der Waals surface area (Å²) in [6, 6.07) is 13.9. The molecule has 21 heavy (non-hydrogen) atoms. The van der Waals surface area contributed by atoms with Crippen LogP contribution in [0.25, 0.3) is 0 Å². The van der Waals surface area contributed by atoms with Crippen LogP contribution in [0.1, 0.15) is 17.1 Å². The van der Waals surface area contributed by atoms with Crippen LogP contribution in [0, 0.1) is 6.92 Å². The van der Waals surface area contributed by atoms with Crippen LogP contribution >= 0.6 is 0 Å². The second-order valence-corrected chi connectivity index (χ2v) is 5.36.